The predicted octanol–water partition coefficient (Wildman–Crippen LogP) is 5.36. The van der Waals surface area contributed by atoms with Gasteiger partial charge >= 0.3 is 6.36 Å². The van der Waals surface area contributed by atoms with Crippen molar-refractivity contribution in [1.82, 2.24) is 10.2 Å². The van der Waals surface area contributed by atoms with Crippen LogP contribution in [-0.2, 0) is 11.3 Å². The van der Waals surface area contributed by atoms with Gasteiger partial charge in [-0.1, -0.05) is 30.3 Å². The van der Waals surface area contributed by atoms with Gasteiger partial charge in [0, 0.05) is 37.8 Å². The van der Waals surface area contributed by atoms with E-state index in [9.17, 15) is 18.0 Å². The van der Waals surface area contributed by atoms with Crippen LogP contribution in [0.4, 0.5) is 18.9 Å². The quantitative estimate of drug-likeness (QED) is 0.542. The van der Waals surface area contributed by atoms with Gasteiger partial charge in [-0.15, -0.1) is 13.2 Å². The van der Waals surface area contributed by atoms with Crippen LogP contribution in [-0.4, -0.2) is 49.4 Å². The summed E-state index contributed by atoms with van der Waals surface area (Å²) in [5.74, 6) is 0.521. The Bertz CT molecular complexity index is 921. The third-order valence-corrected chi connectivity index (χ3v) is 7.03. The minimum absolute atomic E-state index is 0.129. The number of nitrogens with one attached hydrogen (secondary N) is 1. The smallest absolute Gasteiger partial charge is 0.406 e. The second-order valence-corrected chi connectivity index (χ2v) is 9.61. The lowest BCUT2D eigenvalue weighted by atomic mass is 9.91. The van der Waals surface area contributed by atoms with E-state index in [1.807, 2.05) is 6.07 Å². The van der Waals surface area contributed by atoms with E-state index >= 15 is 0 Å². The minimum Gasteiger partial charge on any atom is -0.406 e. The summed E-state index contributed by atoms with van der Waals surface area (Å²) in [5.41, 5.74) is 2.21. The van der Waals surface area contributed by atoms with Gasteiger partial charge in [0.15, 0.2) is 0 Å². The van der Waals surface area contributed by atoms with E-state index in [1.54, 1.807) is 12.1 Å². The van der Waals surface area contributed by atoms with E-state index in [2.05, 4.69) is 44.1 Å². The van der Waals surface area contributed by atoms with Gasteiger partial charge < -0.3 is 15.0 Å². The molecule has 1 amide bonds. The van der Waals surface area contributed by atoms with Crippen LogP contribution in [0.2, 0.25) is 0 Å². The zero-order chi connectivity index (χ0) is 24.7. The highest BCUT2D eigenvalue weighted by atomic mass is 19.4. The Kier molecular flexibility index (Phi) is 8.55. The van der Waals surface area contributed by atoms with Crippen LogP contribution in [0.25, 0.3) is 0 Å². The summed E-state index contributed by atoms with van der Waals surface area (Å²) < 4.78 is 40.9. The van der Waals surface area contributed by atoms with Gasteiger partial charge in [-0.05, 0) is 80.9 Å². The van der Waals surface area contributed by atoms with Gasteiger partial charge in [-0.25, -0.2) is 0 Å². The molecule has 190 valence electrons. The lowest BCUT2D eigenvalue weighted by molar-refractivity contribution is -0.274. The highest BCUT2D eigenvalue weighted by Crippen LogP contribution is 2.27. The van der Waals surface area contributed by atoms with Crippen molar-refractivity contribution in [3.8, 4) is 5.75 Å². The predicted molar refractivity (Wildman–Crippen MR) is 130 cm³/mol. The zero-order valence-electron chi connectivity index (χ0n) is 20.0. The standard InChI is InChI=1S/C27H34F3N3O2/c28-27(29,30)35-25-9-7-24(8-10-25)33-18-14-23(15-19-33)31-26(34)11-6-21-12-16-32(17-13-21)20-22-4-2-1-3-5-22/h1-5,7-10,21,23H,6,11-20H2,(H,31,34). The number of rotatable bonds is 8. The first-order valence-corrected chi connectivity index (χ1v) is 12.5. The van der Waals surface area contributed by atoms with Crippen molar-refractivity contribution in [2.45, 2.75) is 57.5 Å². The second kappa shape index (κ2) is 11.8. The van der Waals surface area contributed by atoms with Gasteiger partial charge in [-0.2, -0.15) is 0 Å². The lowest BCUT2D eigenvalue weighted by Gasteiger charge is -2.34. The Hall–Kier alpha value is -2.74. The first kappa shape index (κ1) is 25.4. The molecule has 0 aliphatic carbocycles. The largest absolute Gasteiger partial charge is 0.573 e. The van der Waals surface area contributed by atoms with E-state index in [1.165, 1.54) is 17.7 Å². The molecule has 35 heavy (non-hydrogen) atoms. The Labute approximate surface area is 205 Å². The Balaban J connectivity index is 1.11. The number of hydrogen-bond acceptors (Lipinski definition) is 4. The van der Waals surface area contributed by atoms with Crippen molar-refractivity contribution in [1.29, 1.82) is 0 Å². The van der Waals surface area contributed by atoms with Crippen LogP contribution < -0.4 is 15.0 Å². The molecule has 0 atom stereocenters. The topological polar surface area (TPSA) is 44.8 Å². The number of alkyl halides is 3. The maximum absolute atomic E-state index is 12.5. The van der Waals surface area contributed by atoms with Crippen molar-refractivity contribution >= 4 is 11.6 Å². The number of carbonyl (C=O) groups excluding carboxylic acids is 1. The van der Waals surface area contributed by atoms with Crippen molar-refractivity contribution < 1.29 is 22.7 Å². The molecule has 4 rings (SSSR count). The molecule has 2 aliphatic heterocycles. The number of piperidine rings is 2. The normalized spacial score (nSPS) is 18.4. The summed E-state index contributed by atoms with van der Waals surface area (Å²) >= 11 is 0. The molecule has 0 bridgehead atoms. The van der Waals surface area contributed by atoms with Gasteiger partial charge in [-0.3, -0.25) is 9.69 Å². The van der Waals surface area contributed by atoms with Crippen molar-refractivity contribution in [3.05, 3.63) is 60.2 Å². The Morgan fingerprint density at radius 3 is 2.20 bits per heavy atom. The number of benzene rings is 2. The molecule has 2 saturated heterocycles. The lowest BCUT2D eigenvalue weighted by Crippen LogP contribution is -2.44. The van der Waals surface area contributed by atoms with Gasteiger partial charge in [0.1, 0.15) is 5.75 Å². The molecule has 0 unspecified atom stereocenters. The summed E-state index contributed by atoms with van der Waals surface area (Å²) in [4.78, 5) is 17.1. The summed E-state index contributed by atoms with van der Waals surface area (Å²) in [5, 5.41) is 3.19. The van der Waals surface area contributed by atoms with Crippen molar-refractivity contribution in [2.24, 2.45) is 5.92 Å². The van der Waals surface area contributed by atoms with E-state index < -0.39 is 6.36 Å². The number of hydrogen-bond donors (Lipinski definition) is 1. The average Bonchev–Trinajstić information content (AvgIpc) is 2.84. The highest BCUT2D eigenvalue weighted by molar-refractivity contribution is 5.76. The molecule has 0 spiro atoms. The third-order valence-electron chi connectivity index (χ3n) is 7.03. The van der Waals surface area contributed by atoms with E-state index in [-0.39, 0.29) is 17.7 Å². The fourth-order valence-corrected chi connectivity index (χ4v) is 5.05. The SMILES string of the molecule is O=C(CCC1CCN(Cc2ccccc2)CC1)NC1CCN(c2ccc(OC(F)(F)F)cc2)CC1. The summed E-state index contributed by atoms with van der Waals surface area (Å²) in [6.07, 6.45) is 0.768. The third kappa shape index (κ3) is 8.16. The minimum atomic E-state index is -4.68. The molecule has 2 heterocycles. The Morgan fingerprint density at radius 1 is 0.914 bits per heavy atom. The molecule has 0 saturated carbocycles. The molecule has 0 radical (unpaired) electrons. The number of ether oxygens (including phenoxy) is 1. The maximum atomic E-state index is 12.5. The van der Waals surface area contributed by atoms with Crippen LogP contribution in [0.1, 0.15) is 44.1 Å². The highest BCUT2D eigenvalue weighted by Gasteiger charge is 2.31. The number of halogens is 3. The zero-order valence-corrected chi connectivity index (χ0v) is 20.0. The fourth-order valence-electron chi connectivity index (χ4n) is 5.05. The molecule has 8 heteroatoms. The van der Waals surface area contributed by atoms with Crippen LogP contribution in [0.3, 0.4) is 0 Å². The number of nitrogens with zero attached hydrogens (tertiary/aromatic N) is 2. The molecule has 0 aromatic heterocycles. The fraction of sp³-hybridized carbons (Fsp3) is 0.519. The number of carbonyl (C=O) groups is 1. The monoisotopic (exact) mass is 489 g/mol. The molecule has 1 N–H and O–H groups in total. The van der Waals surface area contributed by atoms with Gasteiger partial charge in [0.25, 0.3) is 0 Å². The van der Waals surface area contributed by atoms with Gasteiger partial charge in [0.2, 0.25) is 5.91 Å². The van der Waals surface area contributed by atoms with Crippen LogP contribution in [0.5, 0.6) is 5.75 Å². The molecule has 2 aromatic carbocycles. The van der Waals surface area contributed by atoms with E-state index in [4.69, 9.17) is 0 Å². The Morgan fingerprint density at radius 2 is 1.57 bits per heavy atom. The number of likely N-dealkylation sites (tertiary alicyclic amines) is 1. The molecular weight excluding hydrogens is 455 g/mol. The number of amides is 1. The summed E-state index contributed by atoms with van der Waals surface area (Å²) in [6, 6.07) is 16.7. The first-order valence-electron chi connectivity index (χ1n) is 12.5. The molecule has 2 aromatic rings. The molecule has 2 fully saturated rings. The van der Waals surface area contributed by atoms with Crippen molar-refractivity contribution in [3.63, 3.8) is 0 Å². The van der Waals surface area contributed by atoms with E-state index in [0.29, 0.717) is 12.3 Å². The van der Waals surface area contributed by atoms with Crippen LogP contribution >= 0.6 is 0 Å². The summed E-state index contributed by atoms with van der Waals surface area (Å²) in [7, 11) is 0. The van der Waals surface area contributed by atoms with E-state index in [0.717, 1.165) is 70.5 Å². The maximum Gasteiger partial charge on any atom is 0.573 e. The molecule has 2 aliphatic rings. The van der Waals surface area contributed by atoms with Crippen molar-refractivity contribution in [2.75, 3.05) is 31.1 Å². The van der Waals surface area contributed by atoms with Gasteiger partial charge in [0.05, 0.1) is 0 Å². The second-order valence-electron chi connectivity index (χ2n) is 9.61. The average molecular weight is 490 g/mol. The molecule has 5 nitrogen and oxygen atoms in total. The number of anilines is 1. The summed E-state index contributed by atoms with van der Waals surface area (Å²) in [6.45, 7) is 4.68. The van der Waals surface area contributed by atoms with Crippen LogP contribution in [0, 0.1) is 5.92 Å². The first-order chi connectivity index (χ1) is 16.8. The van der Waals surface area contributed by atoms with Crippen LogP contribution in [0.15, 0.2) is 54.6 Å². The molecular formula is C27H34F3N3O2.